The largest absolute Gasteiger partial charge is 0.330 e. The standard InChI is InChI=1S/C22H41N/c1-6-8-9-10-11-12-16-21(14-7-2)20(5)15-13-17-22(18-23)19(3)4/h13,17,22H,3,6-12,14-16,18,23H2,1-2,4-5H3/b17-13?,21-20-. The fourth-order valence-electron chi connectivity index (χ4n) is 2.97. The Morgan fingerprint density at radius 2 is 1.61 bits per heavy atom. The zero-order valence-corrected chi connectivity index (χ0v) is 16.3. The van der Waals surface area contributed by atoms with Crippen LogP contribution in [0.5, 0.6) is 0 Å². The van der Waals surface area contributed by atoms with Gasteiger partial charge in [-0.1, -0.05) is 87.8 Å². The molecule has 0 amide bonds. The molecule has 0 bridgehead atoms. The van der Waals surface area contributed by atoms with Gasteiger partial charge in [0.2, 0.25) is 0 Å². The van der Waals surface area contributed by atoms with Crippen LogP contribution in [-0.2, 0) is 0 Å². The van der Waals surface area contributed by atoms with Crippen molar-refractivity contribution in [3.05, 3.63) is 35.5 Å². The molecule has 0 aromatic carbocycles. The summed E-state index contributed by atoms with van der Waals surface area (Å²) in [5.41, 5.74) is 10.2. The topological polar surface area (TPSA) is 26.0 Å². The second-order valence-corrected chi connectivity index (χ2v) is 6.97. The summed E-state index contributed by atoms with van der Waals surface area (Å²) in [7, 11) is 0. The Morgan fingerprint density at radius 3 is 2.17 bits per heavy atom. The summed E-state index contributed by atoms with van der Waals surface area (Å²) >= 11 is 0. The van der Waals surface area contributed by atoms with Crippen LogP contribution in [0, 0.1) is 5.92 Å². The molecular weight excluding hydrogens is 278 g/mol. The van der Waals surface area contributed by atoms with Gasteiger partial charge >= 0.3 is 0 Å². The molecule has 1 heteroatoms. The van der Waals surface area contributed by atoms with E-state index in [0.29, 0.717) is 12.5 Å². The van der Waals surface area contributed by atoms with E-state index in [-0.39, 0.29) is 0 Å². The number of hydrogen-bond acceptors (Lipinski definition) is 1. The molecule has 1 atom stereocenters. The minimum absolute atomic E-state index is 0.330. The molecule has 0 aliphatic carbocycles. The van der Waals surface area contributed by atoms with Gasteiger partial charge in [-0.25, -0.2) is 0 Å². The van der Waals surface area contributed by atoms with Crippen LogP contribution in [0.25, 0.3) is 0 Å². The van der Waals surface area contributed by atoms with Gasteiger partial charge in [-0.05, 0) is 39.5 Å². The van der Waals surface area contributed by atoms with E-state index in [1.807, 2.05) is 0 Å². The van der Waals surface area contributed by atoms with Crippen molar-refractivity contribution in [2.24, 2.45) is 11.7 Å². The highest BCUT2D eigenvalue weighted by Crippen LogP contribution is 2.22. The van der Waals surface area contributed by atoms with E-state index in [4.69, 9.17) is 5.73 Å². The minimum atomic E-state index is 0.330. The summed E-state index contributed by atoms with van der Waals surface area (Å²) in [6.07, 6.45) is 17.7. The first-order valence-corrected chi connectivity index (χ1v) is 9.76. The molecule has 0 spiro atoms. The van der Waals surface area contributed by atoms with Gasteiger partial charge in [-0.2, -0.15) is 0 Å². The molecule has 0 heterocycles. The maximum atomic E-state index is 5.79. The van der Waals surface area contributed by atoms with Crippen molar-refractivity contribution in [2.45, 2.75) is 91.9 Å². The van der Waals surface area contributed by atoms with E-state index in [2.05, 4.69) is 46.4 Å². The van der Waals surface area contributed by atoms with Gasteiger partial charge in [0.05, 0.1) is 0 Å². The van der Waals surface area contributed by atoms with Crippen LogP contribution < -0.4 is 5.73 Å². The Morgan fingerprint density at radius 1 is 0.957 bits per heavy atom. The summed E-state index contributed by atoms with van der Waals surface area (Å²) in [4.78, 5) is 0. The molecule has 0 rings (SSSR count). The number of hydrogen-bond donors (Lipinski definition) is 1. The third-order valence-electron chi connectivity index (χ3n) is 4.67. The summed E-state index contributed by atoms with van der Waals surface area (Å²) in [6, 6.07) is 0. The van der Waals surface area contributed by atoms with Gasteiger partial charge in [-0.3, -0.25) is 0 Å². The second-order valence-electron chi connectivity index (χ2n) is 6.97. The molecule has 1 nitrogen and oxygen atoms in total. The van der Waals surface area contributed by atoms with Gasteiger partial charge in [0, 0.05) is 12.5 Å². The average molecular weight is 320 g/mol. The lowest BCUT2D eigenvalue weighted by atomic mass is 9.95. The minimum Gasteiger partial charge on any atom is -0.330 e. The van der Waals surface area contributed by atoms with E-state index in [1.165, 1.54) is 57.8 Å². The van der Waals surface area contributed by atoms with Crippen molar-refractivity contribution in [1.29, 1.82) is 0 Å². The van der Waals surface area contributed by atoms with Crippen molar-refractivity contribution in [1.82, 2.24) is 0 Å². The zero-order valence-electron chi connectivity index (χ0n) is 16.3. The predicted molar refractivity (Wildman–Crippen MR) is 107 cm³/mol. The number of unbranched alkanes of at least 4 members (excludes halogenated alkanes) is 5. The maximum Gasteiger partial charge on any atom is 0.00943 e. The molecular formula is C22H41N. The van der Waals surface area contributed by atoms with E-state index in [1.54, 1.807) is 11.1 Å². The second kappa shape index (κ2) is 14.8. The molecule has 0 fully saturated rings. The highest BCUT2D eigenvalue weighted by Gasteiger charge is 2.04. The zero-order chi connectivity index (χ0) is 17.5. The molecule has 0 saturated heterocycles. The van der Waals surface area contributed by atoms with E-state index >= 15 is 0 Å². The Kier molecular flexibility index (Phi) is 14.2. The summed E-state index contributed by atoms with van der Waals surface area (Å²) in [6.45, 7) is 13.6. The lowest BCUT2D eigenvalue weighted by Crippen LogP contribution is -2.12. The predicted octanol–water partition coefficient (Wildman–Crippen LogP) is 6.95. The first-order valence-electron chi connectivity index (χ1n) is 9.76. The third-order valence-corrected chi connectivity index (χ3v) is 4.67. The van der Waals surface area contributed by atoms with Crippen LogP contribution in [0.4, 0.5) is 0 Å². The molecule has 0 aromatic rings. The van der Waals surface area contributed by atoms with Crippen LogP contribution in [0.3, 0.4) is 0 Å². The molecule has 0 saturated carbocycles. The highest BCUT2D eigenvalue weighted by molar-refractivity contribution is 5.17. The van der Waals surface area contributed by atoms with E-state index < -0.39 is 0 Å². The van der Waals surface area contributed by atoms with Crippen LogP contribution in [0.15, 0.2) is 35.5 Å². The molecule has 2 N–H and O–H groups in total. The first kappa shape index (κ1) is 22.2. The number of nitrogens with two attached hydrogens (primary N) is 1. The monoisotopic (exact) mass is 319 g/mol. The van der Waals surface area contributed by atoms with Crippen molar-refractivity contribution < 1.29 is 0 Å². The van der Waals surface area contributed by atoms with Crippen molar-refractivity contribution in [3.8, 4) is 0 Å². The normalized spacial score (nSPS) is 14.1. The fourth-order valence-corrected chi connectivity index (χ4v) is 2.97. The Hall–Kier alpha value is -0.820. The van der Waals surface area contributed by atoms with E-state index in [9.17, 15) is 0 Å². The van der Waals surface area contributed by atoms with Crippen LogP contribution in [0.2, 0.25) is 0 Å². The molecule has 0 aliphatic rings. The molecule has 0 radical (unpaired) electrons. The van der Waals surface area contributed by atoms with Crippen LogP contribution in [0.1, 0.15) is 91.9 Å². The van der Waals surface area contributed by atoms with Gasteiger partial charge < -0.3 is 5.73 Å². The van der Waals surface area contributed by atoms with Crippen LogP contribution >= 0.6 is 0 Å². The summed E-state index contributed by atoms with van der Waals surface area (Å²) in [5, 5.41) is 0. The lowest BCUT2D eigenvalue weighted by molar-refractivity contribution is 0.599. The number of allylic oxidation sites excluding steroid dienone is 3. The quantitative estimate of drug-likeness (QED) is 0.272. The smallest absolute Gasteiger partial charge is 0.00943 e. The molecule has 0 aliphatic heterocycles. The first-order chi connectivity index (χ1) is 11.1. The van der Waals surface area contributed by atoms with Gasteiger partial charge in [-0.15, -0.1) is 0 Å². The Balaban J connectivity index is 4.37. The molecule has 1 unspecified atom stereocenters. The van der Waals surface area contributed by atoms with Gasteiger partial charge in [0.15, 0.2) is 0 Å². The molecule has 23 heavy (non-hydrogen) atoms. The SMILES string of the molecule is C=C(C)C(C=CC/C(C)=C(/CCC)CCCCCCCC)CN. The summed E-state index contributed by atoms with van der Waals surface area (Å²) < 4.78 is 0. The molecule has 134 valence electrons. The van der Waals surface area contributed by atoms with Gasteiger partial charge in [0.25, 0.3) is 0 Å². The van der Waals surface area contributed by atoms with Crippen molar-refractivity contribution in [3.63, 3.8) is 0 Å². The number of rotatable bonds is 14. The maximum absolute atomic E-state index is 5.79. The van der Waals surface area contributed by atoms with Gasteiger partial charge in [0.1, 0.15) is 0 Å². The molecule has 0 aromatic heterocycles. The van der Waals surface area contributed by atoms with Crippen molar-refractivity contribution >= 4 is 0 Å². The lowest BCUT2D eigenvalue weighted by Gasteiger charge is -2.12. The third kappa shape index (κ3) is 11.4. The van der Waals surface area contributed by atoms with Crippen molar-refractivity contribution in [2.75, 3.05) is 6.54 Å². The summed E-state index contributed by atoms with van der Waals surface area (Å²) in [5.74, 6) is 0.330. The average Bonchev–Trinajstić information content (AvgIpc) is 2.53. The van der Waals surface area contributed by atoms with Crippen LogP contribution in [-0.4, -0.2) is 6.54 Å². The Labute approximate surface area is 146 Å². The Bertz CT molecular complexity index is 362. The van der Waals surface area contributed by atoms with E-state index in [0.717, 1.165) is 12.0 Å². The highest BCUT2D eigenvalue weighted by atomic mass is 14.5. The fraction of sp³-hybridized carbons (Fsp3) is 0.727.